The number of nitrogens with two attached hydrogens (primary N) is 1. The van der Waals surface area contributed by atoms with Crippen molar-refractivity contribution in [3.8, 4) is 0 Å². The van der Waals surface area contributed by atoms with Gasteiger partial charge in [-0.25, -0.2) is 9.59 Å². The topological polar surface area (TPSA) is 78.6 Å². The molecule has 1 amide bonds. The van der Waals surface area contributed by atoms with Crippen molar-refractivity contribution in [1.82, 2.24) is 0 Å². The number of amides is 1. The minimum Gasteiger partial charge on any atom is -0.462 e. The van der Waals surface area contributed by atoms with Crippen LogP contribution in [0.5, 0.6) is 0 Å². The zero-order valence-corrected chi connectivity index (χ0v) is 8.99. The predicted molar refractivity (Wildman–Crippen MR) is 50.5 cm³/mol. The summed E-state index contributed by atoms with van der Waals surface area (Å²) in [5.41, 5.74) is 3.48. The third kappa shape index (κ3) is 4.69. The van der Waals surface area contributed by atoms with E-state index < -0.39 is 17.7 Å². The molecule has 0 saturated carbocycles. The quantitative estimate of drug-likeness (QED) is 0.693. The molecule has 0 saturated heterocycles. The molecule has 0 spiro atoms. The molecule has 0 unspecified atom stereocenters. The Bertz CT molecular complexity index is 223. The van der Waals surface area contributed by atoms with E-state index in [1.54, 1.807) is 0 Å². The van der Waals surface area contributed by atoms with Crippen LogP contribution in [0, 0.1) is 5.92 Å². The van der Waals surface area contributed by atoms with Gasteiger partial charge in [0.1, 0.15) is 0 Å². The lowest BCUT2D eigenvalue weighted by Gasteiger charge is -2.22. The van der Waals surface area contributed by atoms with Gasteiger partial charge in [0.25, 0.3) is 0 Å². The van der Waals surface area contributed by atoms with Crippen LogP contribution < -0.4 is 5.73 Å². The Labute approximate surface area is 83.5 Å². The van der Waals surface area contributed by atoms with Crippen LogP contribution in [0.15, 0.2) is 0 Å². The van der Waals surface area contributed by atoms with Gasteiger partial charge in [0, 0.05) is 0 Å². The molecule has 0 aromatic heterocycles. The van der Waals surface area contributed by atoms with Crippen LogP contribution in [0.2, 0.25) is 0 Å². The van der Waals surface area contributed by atoms with Gasteiger partial charge in [-0.2, -0.15) is 0 Å². The molecule has 82 valence electrons. The smallest absolute Gasteiger partial charge is 0.405 e. The van der Waals surface area contributed by atoms with E-state index in [1.165, 1.54) is 13.8 Å². The fourth-order valence-corrected chi connectivity index (χ4v) is 0.709. The highest BCUT2D eigenvalue weighted by Crippen LogP contribution is 2.12. The van der Waals surface area contributed by atoms with Gasteiger partial charge in [-0.15, -0.1) is 0 Å². The molecule has 0 radical (unpaired) electrons. The van der Waals surface area contributed by atoms with E-state index in [0.717, 1.165) is 0 Å². The van der Waals surface area contributed by atoms with Crippen LogP contribution >= 0.6 is 0 Å². The lowest BCUT2D eigenvalue weighted by molar-refractivity contribution is -0.162. The molecule has 5 heteroatoms. The van der Waals surface area contributed by atoms with Crippen molar-refractivity contribution in [2.75, 3.05) is 6.61 Å². The molecule has 0 aromatic carbocycles. The third-order valence-corrected chi connectivity index (χ3v) is 1.40. The minimum absolute atomic E-state index is 0.239. The van der Waals surface area contributed by atoms with Gasteiger partial charge >= 0.3 is 12.1 Å². The number of primary amides is 1. The summed E-state index contributed by atoms with van der Waals surface area (Å²) in [7, 11) is 0. The SMILES string of the molecule is CC(C)COC(=O)C(C)(C)OC(N)=O. The second kappa shape index (κ2) is 4.83. The maximum Gasteiger partial charge on any atom is 0.405 e. The van der Waals surface area contributed by atoms with Crippen molar-refractivity contribution < 1.29 is 19.1 Å². The first kappa shape index (κ1) is 12.7. The molecule has 0 heterocycles. The Hall–Kier alpha value is -1.26. The monoisotopic (exact) mass is 203 g/mol. The largest absolute Gasteiger partial charge is 0.462 e. The maximum atomic E-state index is 11.3. The van der Waals surface area contributed by atoms with Crippen molar-refractivity contribution in [3.05, 3.63) is 0 Å². The third-order valence-electron chi connectivity index (χ3n) is 1.40. The van der Waals surface area contributed by atoms with Crippen LogP contribution in [0.4, 0.5) is 4.79 Å². The molecule has 0 fully saturated rings. The van der Waals surface area contributed by atoms with Crippen molar-refractivity contribution in [2.45, 2.75) is 33.3 Å². The molecule has 0 aromatic rings. The summed E-state index contributed by atoms with van der Waals surface area (Å²) in [5.74, 6) is -0.353. The van der Waals surface area contributed by atoms with Crippen molar-refractivity contribution in [3.63, 3.8) is 0 Å². The van der Waals surface area contributed by atoms with Crippen LogP contribution in [0.1, 0.15) is 27.7 Å². The first-order chi connectivity index (χ1) is 6.25. The van der Waals surface area contributed by atoms with Crippen LogP contribution in [-0.4, -0.2) is 24.3 Å². The molecule has 0 aliphatic heterocycles. The molecule has 2 N–H and O–H groups in total. The van der Waals surface area contributed by atoms with Crippen molar-refractivity contribution in [1.29, 1.82) is 0 Å². The zero-order valence-electron chi connectivity index (χ0n) is 8.99. The number of carbonyl (C=O) groups is 2. The van der Waals surface area contributed by atoms with Crippen molar-refractivity contribution in [2.24, 2.45) is 11.7 Å². The fraction of sp³-hybridized carbons (Fsp3) is 0.778. The van der Waals surface area contributed by atoms with E-state index in [9.17, 15) is 9.59 Å². The molecular formula is C9H17NO4. The van der Waals surface area contributed by atoms with Gasteiger partial charge < -0.3 is 15.2 Å². The second-order valence-corrected chi connectivity index (χ2v) is 3.92. The Morgan fingerprint density at radius 3 is 2.21 bits per heavy atom. The highest BCUT2D eigenvalue weighted by atomic mass is 16.6. The van der Waals surface area contributed by atoms with E-state index in [2.05, 4.69) is 4.74 Å². The van der Waals surface area contributed by atoms with Crippen LogP contribution in [0.25, 0.3) is 0 Å². The highest BCUT2D eigenvalue weighted by Gasteiger charge is 2.33. The van der Waals surface area contributed by atoms with Gasteiger partial charge in [-0.3, -0.25) is 0 Å². The van der Waals surface area contributed by atoms with Gasteiger partial charge in [0.05, 0.1) is 6.61 Å². The molecule has 0 rings (SSSR count). The molecule has 0 atom stereocenters. The summed E-state index contributed by atoms with van der Waals surface area (Å²) < 4.78 is 9.49. The summed E-state index contributed by atoms with van der Waals surface area (Å²) >= 11 is 0. The first-order valence-electron chi connectivity index (χ1n) is 4.41. The number of hydrogen-bond donors (Lipinski definition) is 1. The molecule has 0 aliphatic rings. The van der Waals surface area contributed by atoms with Crippen LogP contribution in [0.3, 0.4) is 0 Å². The van der Waals surface area contributed by atoms with E-state index in [-0.39, 0.29) is 5.92 Å². The molecular weight excluding hydrogens is 186 g/mol. The molecule has 0 bridgehead atoms. The van der Waals surface area contributed by atoms with Crippen molar-refractivity contribution >= 4 is 12.1 Å². The lowest BCUT2D eigenvalue weighted by Crippen LogP contribution is -2.40. The van der Waals surface area contributed by atoms with Gasteiger partial charge in [0.15, 0.2) is 0 Å². The second-order valence-electron chi connectivity index (χ2n) is 3.92. The van der Waals surface area contributed by atoms with Gasteiger partial charge in [-0.1, -0.05) is 13.8 Å². The van der Waals surface area contributed by atoms with Gasteiger partial charge in [-0.05, 0) is 19.8 Å². The Morgan fingerprint density at radius 1 is 1.36 bits per heavy atom. The number of hydrogen-bond acceptors (Lipinski definition) is 4. The van der Waals surface area contributed by atoms with E-state index in [4.69, 9.17) is 10.5 Å². The Balaban J connectivity index is 4.14. The Morgan fingerprint density at radius 2 is 1.86 bits per heavy atom. The zero-order chi connectivity index (χ0) is 11.4. The summed E-state index contributed by atoms with van der Waals surface area (Å²) in [4.78, 5) is 21.8. The standard InChI is InChI=1S/C9H17NO4/c1-6(2)5-13-7(11)9(3,4)14-8(10)12/h6H,5H2,1-4H3,(H2,10,12). The number of esters is 1. The predicted octanol–water partition coefficient (Wildman–Crippen LogP) is 1.06. The minimum atomic E-state index is -1.32. The summed E-state index contributed by atoms with van der Waals surface area (Å²) in [6, 6.07) is 0. The molecule has 5 nitrogen and oxygen atoms in total. The summed E-state index contributed by atoms with van der Waals surface area (Å²) in [5, 5.41) is 0. The van der Waals surface area contributed by atoms with E-state index >= 15 is 0 Å². The highest BCUT2D eigenvalue weighted by molar-refractivity contribution is 5.81. The van der Waals surface area contributed by atoms with Crippen LogP contribution in [-0.2, 0) is 14.3 Å². The first-order valence-corrected chi connectivity index (χ1v) is 4.41. The average molecular weight is 203 g/mol. The maximum absolute atomic E-state index is 11.3. The summed E-state index contributed by atoms with van der Waals surface area (Å²) in [6.07, 6.45) is -0.989. The lowest BCUT2D eigenvalue weighted by atomic mass is 10.1. The summed E-state index contributed by atoms with van der Waals surface area (Å²) in [6.45, 7) is 6.98. The molecule has 14 heavy (non-hydrogen) atoms. The number of rotatable bonds is 4. The normalized spacial score (nSPS) is 11.2. The molecule has 0 aliphatic carbocycles. The number of carbonyl (C=O) groups excluding carboxylic acids is 2. The van der Waals surface area contributed by atoms with E-state index in [1.807, 2.05) is 13.8 Å². The fourth-order valence-electron chi connectivity index (χ4n) is 0.709. The number of ether oxygens (including phenoxy) is 2. The van der Waals surface area contributed by atoms with Gasteiger partial charge in [0.2, 0.25) is 5.60 Å². The van der Waals surface area contributed by atoms with E-state index in [0.29, 0.717) is 6.61 Å². The average Bonchev–Trinajstić information content (AvgIpc) is 1.97. The Kier molecular flexibility index (Phi) is 4.40.